The van der Waals surface area contributed by atoms with Crippen LogP contribution in [-0.2, 0) is 32.0 Å². The number of nitrogens with zero attached hydrogens (tertiary/aromatic N) is 3. The van der Waals surface area contributed by atoms with Crippen molar-refractivity contribution >= 4 is 59.5 Å². The molecule has 2 saturated heterocycles. The van der Waals surface area contributed by atoms with Gasteiger partial charge in [-0.1, -0.05) is 28.1 Å². The van der Waals surface area contributed by atoms with E-state index >= 15 is 0 Å². The number of carbonyl (C=O) groups is 2. The van der Waals surface area contributed by atoms with Crippen molar-refractivity contribution in [1.29, 1.82) is 0 Å². The SMILES string of the molecule is C1COCCN1.NCc1ccc(Br)cn1.O=C(/C=C/CN1CCOCC1)CCc1ccc(Br)cn1.O=C(O)/C=C/CBr. The predicted octanol–water partition coefficient (Wildman–Crippen LogP) is 4.17. The van der Waals surface area contributed by atoms with Crippen LogP contribution in [0.1, 0.15) is 17.8 Å². The largest absolute Gasteiger partial charge is 0.478 e. The number of carboxylic acid groups (broad SMARTS) is 1. The first-order valence-electron chi connectivity index (χ1n) is 13.5. The van der Waals surface area contributed by atoms with Crippen LogP contribution in [-0.4, -0.2) is 96.2 Å². The molecule has 0 atom stereocenters. The standard InChI is InChI=1S/C15H19BrN2O2.C6H7BrN2.C4H5BrO2.C4H9NO/c16-13-3-4-14(17-12-13)5-6-15(19)2-1-7-18-8-10-20-11-9-18;7-5-1-2-6(3-8)9-4-5;5-3-1-2-4(6)7;1-3-6-4-2-5-1/h1-4,12H,5-11H2;1-2,4H,3,8H2;1-2H,3H2,(H,6,7);5H,1-4H2/b2-1+;;2-1+;. The molecule has 2 aromatic heterocycles. The number of halogens is 3. The smallest absolute Gasteiger partial charge is 0.328 e. The van der Waals surface area contributed by atoms with Crippen LogP contribution in [0.15, 0.2) is 69.9 Å². The Hall–Kier alpha value is -1.84. The summed E-state index contributed by atoms with van der Waals surface area (Å²) in [6.45, 7) is 8.63. The van der Waals surface area contributed by atoms with Crippen LogP contribution in [0.5, 0.6) is 0 Å². The quantitative estimate of drug-likeness (QED) is 0.251. The molecule has 10 nitrogen and oxygen atoms in total. The topological polar surface area (TPSA) is 140 Å². The van der Waals surface area contributed by atoms with Crippen LogP contribution in [0.25, 0.3) is 0 Å². The van der Waals surface area contributed by atoms with E-state index in [-0.39, 0.29) is 5.78 Å². The third kappa shape index (κ3) is 21.8. The molecule has 0 aromatic carbocycles. The van der Waals surface area contributed by atoms with Crippen molar-refractivity contribution in [2.24, 2.45) is 5.73 Å². The summed E-state index contributed by atoms with van der Waals surface area (Å²) in [7, 11) is 0. The Kier molecular flexibility index (Phi) is 23.3. The van der Waals surface area contributed by atoms with E-state index < -0.39 is 5.97 Å². The third-order valence-electron chi connectivity index (χ3n) is 5.38. The summed E-state index contributed by atoms with van der Waals surface area (Å²) in [5, 5.41) is 11.7. The van der Waals surface area contributed by atoms with Crippen LogP contribution in [0.3, 0.4) is 0 Å². The van der Waals surface area contributed by atoms with Gasteiger partial charge in [0.1, 0.15) is 0 Å². The average Bonchev–Trinajstić information content (AvgIpc) is 3.02. The summed E-state index contributed by atoms with van der Waals surface area (Å²) >= 11 is 9.64. The Morgan fingerprint density at radius 1 is 0.929 bits per heavy atom. The van der Waals surface area contributed by atoms with Crippen molar-refractivity contribution in [3.63, 3.8) is 0 Å². The molecule has 2 fully saturated rings. The van der Waals surface area contributed by atoms with Gasteiger partial charge in [0.2, 0.25) is 0 Å². The Morgan fingerprint density at radius 3 is 1.95 bits per heavy atom. The van der Waals surface area contributed by atoms with E-state index in [1.165, 1.54) is 6.08 Å². The number of aliphatic carboxylic acids is 1. The Morgan fingerprint density at radius 2 is 1.52 bits per heavy atom. The molecular weight excluding hydrogens is 738 g/mol. The van der Waals surface area contributed by atoms with Gasteiger partial charge in [-0.2, -0.15) is 0 Å². The lowest BCUT2D eigenvalue weighted by molar-refractivity contribution is -0.131. The van der Waals surface area contributed by atoms with Crippen molar-refractivity contribution in [2.75, 3.05) is 64.5 Å². The minimum atomic E-state index is -0.903. The highest BCUT2D eigenvalue weighted by molar-refractivity contribution is 9.10. The minimum Gasteiger partial charge on any atom is -0.478 e. The van der Waals surface area contributed by atoms with Gasteiger partial charge in [0.25, 0.3) is 0 Å². The average molecular weight is 778 g/mol. The summed E-state index contributed by atoms with van der Waals surface area (Å²) in [6.07, 6.45) is 10.9. The van der Waals surface area contributed by atoms with Gasteiger partial charge in [-0.3, -0.25) is 19.7 Å². The molecule has 0 saturated carbocycles. The highest BCUT2D eigenvalue weighted by atomic mass is 79.9. The zero-order valence-electron chi connectivity index (χ0n) is 23.6. The molecule has 0 unspecified atom stereocenters. The number of pyridine rings is 2. The van der Waals surface area contributed by atoms with Gasteiger partial charge in [0, 0.05) is 84.1 Å². The number of nitrogens with two attached hydrogens (primary N) is 1. The summed E-state index contributed by atoms with van der Waals surface area (Å²) in [6, 6.07) is 7.70. The van der Waals surface area contributed by atoms with Crippen LogP contribution >= 0.6 is 47.8 Å². The van der Waals surface area contributed by atoms with Gasteiger partial charge in [-0.25, -0.2) is 4.79 Å². The van der Waals surface area contributed by atoms with Gasteiger partial charge in [0.05, 0.1) is 32.1 Å². The Labute approximate surface area is 273 Å². The molecule has 0 bridgehead atoms. The number of hydrogen-bond donors (Lipinski definition) is 3. The summed E-state index contributed by atoms with van der Waals surface area (Å²) in [5.41, 5.74) is 7.18. The zero-order chi connectivity index (χ0) is 30.8. The number of aromatic nitrogens is 2. The number of hydrogen-bond acceptors (Lipinski definition) is 9. The molecule has 0 amide bonds. The molecule has 232 valence electrons. The molecule has 4 N–H and O–H groups in total. The molecular formula is C29H40Br3N5O5. The first kappa shape index (κ1) is 38.2. The molecule has 4 heterocycles. The molecule has 0 radical (unpaired) electrons. The lowest BCUT2D eigenvalue weighted by Gasteiger charge is -2.24. The van der Waals surface area contributed by atoms with Crippen LogP contribution < -0.4 is 11.1 Å². The number of morpholine rings is 2. The molecule has 13 heteroatoms. The lowest BCUT2D eigenvalue weighted by Crippen LogP contribution is -2.36. The van der Waals surface area contributed by atoms with Crippen LogP contribution in [0.4, 0.5) is 0 Å². The van der Waals surface area contributed by atoms with Crippen molar-refractivity contribution in [2.45, 2.75) is 19.4 Å². The first-order valence-corrected chi connectivity index (χ1v) is 16.2. The number of aryl methyl sites for hydroxylation is 1. The van der Waals surface area contributed by atoms with E-state index in [0.717, 1.165) is 85.6 Å². The van der Waals surface area contributed by atoms with Crippen LogP contribution in [0.2, 0.25) is 0 Å². The maximum Gasteiger partial charge on any atom is 0.328 e. The fraction of sp³-hybridized carbons (Fsp3) is 0.448. The van der Waals surface area contributed by atoms with E-state index in [2.05, 4.69) is 68.0 Å². The highest BCUT2D eigenvalue weighted by Gasteiger charge is 2.08. The zero-order valence-corrected chi connectivity index (χ0v) is 28.4. The molecule has 2 aliphatic heterocycles. The lowest BCUT2D eigenvalue weighted by atomic mass is 10.1. The number of allylic oxidation sites excluding steroid dienone is 2. The van der Waals surface area contributed by atoms with Gasteiger partial charge < -0.3 is 25.6 Å². The number of ether oxygens (including phenoxy) is 2. The second-order valence-corrected chi connectivity index (χ2v) is 11.2. The summed E-state index contributed by atoms with van der Waals surface area (Å²) in [5.74, 6) is -0.748. The molecule has 0 aliphatic carbocycles. The Bertz CT molecular complexity index is 1040. The summed E-state index contributed by atoms with van der Waals surface area (Å²) in [4.78, 5) is 32.0. The van der Waals surface area contributed by atoms with Crippen molar-refractivity contribution in [1.82, 2.24) is 20.2 Å². The molecule has 4 rings (SSSR count). The number of carbonyl (C=O) groups excluding carboxylic acids is 1. The number of nitrogens with one attached hydrogen (secondary N) is 1. The summed E-state index contributed by atoms with van der Waals surface area (Å²) < 4.78 is 12.2. The molecule has 2 aromatic rings. The van der Waals surface area contributed by atoms with E-state index in [4.69, 9.17) is 20.3 Å². The monoisotopic (exact) mass is 775 g/mol. The van der Waals surface area contributed by atoms with Crippen molar-refractivity contribution in [3.05, 3.63) is 81.3 Å². The Balaban J connectivity index is 0.000000329. The van der Waals surface area contributed by atoms with Crippen molar-refractivity contribution in [3.8, 4) is 0 Å². The fourth-order valence-corrected chi connectivity index (χ4v) is 3.85. The van der Waals surface area contributed by atoms with Gasteiger partial charge in [-0.05, 0) is 68.6 Å². The highest BCUT2D eigenvalue weighted by Crippen LogP contribution is 2.09. The molecule has 2 aliphatic rings. The number of rotatable bonds is 9. The van der Waals surface area contributed by atoms with E-state index in [9.17, 15) is 9.59 Å². The van der Waals surface area contributed by atoms with E-state index in [1.54, 1.807) is 18.5 Å². The number of ketones is 1. The van der Waals surface area contributed by atoms with Gasteiger partial charge in [-0.15, -0.1) is 0 Å². The minimum absolute atomic E-state index is 0.156. The predicted molar refractivity (Wildman–Crippen MR) is 176 cm³/mol. The maximum atomic E-state index is 11.8. The fourth-order valence-electron chi connectivity index (χ4n) is 3.19. The van der Waals surface area contributed by atoms with Crippen molar-refractivity contribution < 1.29 is 24.2 Å². The molecule has 42 heavy (non-hydrogen) atoms. The normalized spacial score (nSPS) is 15.0. The first-order chi connectivity index (χ1) is 20.3. The third-order valence-corrected chi connectivity index (χ3v) is 6.69. The number of alkyl halides is 1. The maximum absolute atomic E-state index is 11.8. The van der Waals surface area contributed by atoms with Crippen LogP contribution in [0, 0.1) is 0 Å². The molecule has 0 spiro atoms. The second kappa shape index (κ2) is 25.6. The van der Waals surface area contributed by atoms with E-state index in [0.29, 0.717) is 24.7 Å². The second-order valence-electron chi connectivity index (χ2n) is 8.68. The van der Waals surface area contributed by atoms with E-state index in [1.807, 2.05) is 30.3 Å². The van der Waals surface area contributed by atoms with Gasteiger partial charge in [0.15, 0.2) is 5.78 Å². The van der Waals surface area contributed by atoms with Gasteiger partial charge >= 0.3 is 5.97 Å². The number of carboxylic acids is 1.